The Kier molecular flexibility index (Phi) is 2.04. The van der Waals surface area contributed by atoms with Gasteiger partial charge in [0.1, 0.15) is 0 Å². The number of nitrogens with zero attached hydrogens (tertiary/aromatic N) is 3. The van der Waals surface area contributed by atoms with E-state index < -0.39 is 0 Å². The number of benzene rings is 1. The van der Waals surface area contributed by atoms with Crippen LogP contribution in [0.25, 0.3) is 10.5 Å². The van der Waals surface area contributed by atoms with Crippen molar-refractivity contribution in [2.24, 2.45) is 0 Å². The lowest BCUT2D eigenvalue weighted by Gasteiger charge is -1.99. The van der Waals surface area contributed by atoms with Crippen molar-refractivity contribution in [1.82, 2.24) is 9.78 Å². The summed E-state index contributed by atoms with van der Waals surface area (Å²) in [4.78, 5) is 3.33. The van der Waals surface area contributed by atoms with Crippen LogP contribution >= 0.6 is 0 Å². The maximum atomic E-state index is 6.83. The van der Waals surface area contributed by atoms with Gasteiger partial charge in [0.2, 0.25) is 0 Å². The van der Waals surface area contributed by atoms with E-state index in [1.54, 1.807) is 16.8 Å². The van der Waals surface area contributed by atoms with E-state index >= 15 is 0 Å². The molecule has 0 fully saturated rings. The molecule has 1 aromatic carbocycles. The maximum absolute atomic E-state index is 6.83. The van der Waals surface area contributed by atoms with Crippen molar-refractivity contribution in [3.8, 4) is 5.69 Å². The molecule has 3 heteroatoms. The molecule has 68 valence electrons. The van der Waals surface area contributed by atoms with Crippen LogP contribution in [0.3, 0.4) is 0 Å². The number of hydrogen-bond donors (Lipinski definition) is 0. The highest BCUT2D eigenvalue weighted by molar-refractivity contribution is 5.49. The predicted molar refractivity (Wildman–Crippen MR) is 54.6 cm³/mol. The van der Waals surface area contributed by atoms with Crippen molar-refractivity contribution in [2.45, 2.75) is 6.92 Å². The van der Waals surface area contributed by atoms with Gasteiger partial charge in [-0.3, -0.25) is 0 Å². The van der Waals surface area contributed by atoms with Crippen molar-refractivity contribution in [3.05, 3.63) is 53.6 Å². The summed E-state index contributed by atoms with van der Waals surface area (Å²) in [6, 6.07) is 7.36. The molecular formula is C11H9N3. The van der Waals surface area contributed by atoms with E-state index in [-0.39, 0.29) is 0 Å². The molecule has 0 atom stereocenters. The van der Waals surface area contributed by atoms with Crippen LogP contribution in [-0.4, -0.2) is 9.78 Å². The molecule has 0 saturated carbocycles. The van der Waals surface area contributed by atoms with E-state index in [9.17, 15) is 0 Å². The minimum Gasteiger partial charge on any atom is -0.241 e. The van der Waals surface area contributed by atoms with E-state index in [0.717, 1.165) is 11.3 Å². The molecule has 2 aromatic rings. The van der Waals surface area contributed by atoms with Gasteiger partial charge in [-0.1, -0.05) is 12.1 Å². The Balaban J connectivity index is 2.39. The van der Waals surface area contributed by atoms with E-state index in [0.29, 0.717) is 5.69 Å². The van der Waals surface area contributed by atoms with Gasteiger partial charge >= 0.3 is 0 Å². The third-order valence-corrected chi connectivity index (χ3v) is 1.96. The first kappa shape index (κ1) is 8.52. The predicted octanol–water partition coefficient (Wildman–Crippen LogP) is 2.73. The van der Waals surface area contributed by atoms with Crippen molar-refractivity contribution in [3.63, 3.8) is 0 Å². The molecule has 0 bridgehead atoms. The fourth-order valence-electron chi connectivity index (χ4n) is 1.23. The normalized spacial score (nSPS) is 9.71. The lowest BCUT2D eigenvalue weighted by atomic mass is 10.3. The molecule has 14 heavy (non-hydrogen) atoms. The maximum Gasteiger partial charge on any atom is 0.187 e. The summed E-state index contributed by atoms with van der Waals surface area (Å²) in [5.41, 5.74) is 2.75. The van der Waals surface area contributed by atoms with E-state index in [1.807, 2.05) is 31.5 Å². The van der Waals surface area contributed by atoms with Gasteiger partial charge in [0.05, 0.1) is 18.5 Å². The quantitative estimate of drug-likeness (QED) is 0.623. The topological polar surface area (TPSA) is 22.2 Å². The third-order valence-electron chi connectivity index (χ3n) is 1.96. The molecule has 1 heterocycles. The van der Waals surface area contributed by atoms with Gasteiger partial charge < -0.3 is 0 Å². The molecule has 0 saturated heterocycles. The Morgan fingerprint density at radius 3 is 2.50 bits per heavy atom. The molecule has 0 spiro atoms. The molecule has 0 aliphatic rings. The van der Waals surface area contributed by atoms with Crippen molar-refractivity contribution in [1.29, 1.82) is 0 Å². The Bertz CT molecular complexity index is 474. The average molecular weight is 183 g/mol. The summed E-state index contributed by atoms with van der Waals surface area (Å²) in [6.45, 7) is 8.82. The molecule has 1 aromatic heterocycles. The highest BCUT2D eigenvalue weighted by Crippen LogP contribution is 2.15. The molecule has 0 amide bonds. The zero-order valence-electron chi connectivity index (χ0n) is 7.81. The second-order valence-electron chi connectivity index (χ2n) is 3.09. The number of aromatic nitrogens is 2. The fourth-order valence-corrected chi connectivity index (χ4v) is 1.23. The summed E-state index contributed by atoms with van der Waals surface area (Å²) in [5.74, 6) is 0. The zero-order chi connectivity index (χ0) is 9.97. The first-order valence-electron chi connectivity index (χ1n) is 4.29. The number of hydrogen-bond acceptors (Lipinski definition) is 1. The smallest absolute Gasteiger partial charge is 0.187 e. The Morgan fingerprint density at radius 1 is 1.29 bits per heavy atom. The van der Waals surface area contributed by atoms with Gasteiger partial charge in [0, 0.05) is 6.20 Å². The first-order chi connectivity index (χ1) is 6.79. The highest BCUT2D eigenvalue weighted by atomic mass is 15.3. The highest BCUT2D eigenvalue weighted by Gasteiger charge is 1.97. The fraction of sp³-hybridized carbons (Fsp3) is 0.0909. The van der Waals surface area contributed by atoms with Crippen LogP contribution in [0.5, 0.6) is 0 Å². The molecule has 0 aliphatic carbocycles. The average Bonchev–Trinajstić information content (AvgIpc) is 2.65. The Hall–Kier alpha value is -2.08. The zero-order valence-corrected chi connectivity index (χ0v) is 7.81. The SMILES string of the molecule is [C-]#[N+]c1ccc(-n2cc(C)cn2)cc1. The summed E-state index contributed by atoms with van der Waals surface area (Å²) >= 11 is 0. The van der Waals surface area contributed by atoms with Crippen LogP contribution in [0, 0.1) is 13.5 Å². The van der Waals surface area contributed by atoms with Gasteiger partial charge in [-0.05, 0) is 24.6 Å². The summed E-state index contributed by atoms with van der Waals surface area (Å²) in [7, 11) is 0. The van der Waals surface area contributed by atoms with Crippen LogP contribution < -0.4 is 0 Å². The monoisotopic (exact) mass is 183 g/mol. The second-order valence-corrected chi connectivity index (χ2v) is 3.09. The van der Waals surface area contributed by atoms with Crippen LogP contribution in [-0.2, 0) is 0 Å². The minimum atomic E-state index is 0.651. The first-order valence-corrected chi connectivity index (χ1v) is 4.29. The lowest BCUT2D eigenvalue weighted by Crippen LogP contribution is -1.92. The third kappa shape index (κ3) is 1.50. The van der Waals surface area contributed by atoms with Crippen molar-refractivity contribution in [2.75, 3.05) is 0 Å². The minimum absolute atomic E-state index is 0.651. The van der Waals surface area contributed by atoms with E-state index in [1.165, 1.54) is 0 Å². The molecule has 0 radical (unpaired) electrons. The Morgan fingerprint density at radius 2 is 2.00 bits per heavy atom. The van der Waals surface area contributed by atoms with Gasteiger partial charge in [-0.15, -0.1) is 0 Å². The second kappa shape index (κ2) is 3.35. The largest absolute Gasteiger partial charge is 0.241 e. The van der Waals surface area contributed by atoms with E-state index in [4.69, 9.17) is 6.57 Å². The van der Waals surface area contributed by atoms with Crippen LogP contribution in [0.15, 0.2) is 36.7 Å². The summed E-state index contributed by atoms with van der Waals surface area (Å²) in [5, 5.41) is 4.18. The van der Waals surface area contributed by atoms with E-state index in [2.05, 4.69) is 9.94 Å². The van der Waals surface area contributed by atoms with Crippen LogP contribution in [0.1, 0.15) is 5.56 Å². The molecule has 3 nitrogen and oxygen atoms in total. The standard InChI is InChI=1S/C11H9N3/c1-9-7-13-14(8-9)11-5-3-10(12-2)4-6-11/h3-8H,1H3. The number of aryl methyl sites for hydroxylation is 1. The molecule has 0 aliphatic heterocycles. The van der Waals surface area contributed by atoms with Gasteiger partial charge in [-0.25, -0.2) is 9.53 Å². The van der Waals surface area contributed by atoms with Crippen molar-refractivity contribution >= 4 is 5.69 Å². The van der Waals surface area contributed by atoms with Gasteiger partial charge in [0.15, 0.2) is 5.69 Å². The number of rotatable bonds is 1. The molecule has 2 rings (SSSR count). The van der Waals surface area contributed by atoms with Gasteiger partial charge in [-0.2, -0.15) is 5.10 Å². The lowest BCUT2D eigenvalue weighted by molar-refractivity contribution is 0.880. The summed E-state index contributed by atoms with van der Waals surface area (Å²) in [6.07, 6.45) is 3.76. The molecular weight excluding hydrogens is 174 g/mol. The van der Waals surface area contributed by atoms with Crippen LogP contribution in [0.2, 0.25) is 0 Å². The van der Waals surface area contributed by atoms with Crippen LogP contribution in [0.4, 0.5) is 5.69 Å². The summed E-state index contributed by atoms with van der Waals surface area (Å²) < 4.78 is 1.79. The van der Waals surface area contributed by atoms with Gasteiger partial charge in [0.25, 0.3) is 0 Å². The Labute approximate surface area is 82.4 Å². The van der Waals surface area contributed by atoms with Crippen molar-refractivity contribution < 1.29 is 0 Å². The molecule has 0 N–H and O–H groups in total. The molecule has 0 unspecified atom stereocenters.